The molecule has 0 aromatic heterocycles. The van der Waals surface area contributed by atoms with Crippen LogP contribution in [0.4, 0.5) is 14.9 Å². The highest BCUT2D eigenvalue weighted by molar-refractivity contribution is 7.80. The van der Waals surface area contributed by atoms with Crippen molar-refractivity contribution in [1.82, 2.24) is 5.32 Å². The highest BCUT2D eigenvalue weighted by atomic mass is 32.1. The van der Waals surface area contributed by atoms with Gasteiger partial charge in [-0.2, -0.15) is 0 Å². The quantitative estimate of drug-likeness (QED) is 0.457. The maximum absolute atomic E-state index is 13.0. The second kappa shape index (κ2) is 6.00. The maximum atomic E-state index is 13.0. The van der Waals surface area contributed by atoms with Crippen molar-refractivity contribution in [3.8, 4) is 0 Å². The molecule has 0 heterocycles. The van der Waals surface area contributed by atoms with Gasteiger partial charge in [-0.25, -0.2) is 9.18 Å². The normalized spacial score (nSPS) is 9.71. The average molecular weight is 256 g/mol. The number of thiocarbonyl (C=S) groups is 1. The van der Waals surface area contributed by atoms with E-state index in [0.717, 1.165) is 0 Å². The number of amides is 2. The smallest absolute Gasteiger partial charge is 0.312 e. The Labute approximate surface area is 103 Å². The molecule has 0 spiro atoms. The number of nitrogens with one attached hydrogen (secondary N) is 2. The van der Waals surface area contributed by atoms with Gasteiger partial charge >= 0.3 is 6.03 Å². The van der Waals surface area contributed by atoms with Crippen LogP contribution < -0.4 is 22.1 Å². The summed E-state index contributed by atoms with van der Waals surface area (Å²) < 4.78 is 13.0. The van der Waals surface area contributed by atoms with Crippen molar-refractivity contribution in [2.45, 2.75) is 0 Å². The highest BCUT2D eigenvalue weighted by Crippen LogP contribution is 2.16. The largest absolute Gasteiger partial charge is 0.389 e. The molecule has 6 N–H and O–H groups in total. The molecule has 7 heteroatoms. The van der Waals surface area contributed by atoms with E-state index in [1.54, 1.807) is 0 Å². The standard InChI is InChI=1S/C10H13FN4OS/c11-6-1-2-8(7(5-6)9(12)17)14-3-4-15-10(13)16/h1-2,5,14H,3-4H2,(H2,12,17)(H3,13,15,16). The summed E-state index contributed by atoms with van der Waals surface area (Å²) in [7, 11) is 0. The minimum atomic E-state index is -0.597. The predicted octanol–water partition coefficient (Wildman–Crippen LogP) is 0.540. The number of anilines is 1. The van der Waals surface area contributed by atoms with E-state index in [4.69, 9.17) is 23.7 Å². The van der Waals surface area contributed by atoms with Crippen molar-refractivity contribution >= 4 is 28.9 Å². The number of urea groups is 1. The first-order chi connectivity index (χ1) is 8.00. The fourth-order valence-electron chi connectivity index (χ4n) is 1.26. The summed E-state index contributed by atoms with van der Waals surface area (Å²) in [4.78, 5) is 10.5. The Morgan fingerprint density at radius 1 is 1.35 bits per heavy atom. The van der Waals surface area contributed by atoms with Crippen LogP contribution in [0.3, 0.4) is 0 Å². The molecule has 1 aromatic rings. The Balaban J connectivity index is 2.64. The SMILES string of the molecule is NC(=O)NCCNc1ccc(F)cc1C(N)=S. The topological polar surface area (TPSA) is 93.2 Å². The van der Waals surface area contributed by atoms with Gasteiger partial charge in [0.15, 0.2) is 0 Å². The minimum Gasteiger partial charge on any atom is -0.389 e. The van der Waals surface area contributed by atoms with Gasteiger partial charge < -0.3 is 22.1 Å². The third-order valence-electron chi connectivity index (χ3n) is 1.99. The number of halogens is 1. The Hall–Kier alpha value is -1.89. The summed E-state index contributed by atoms with van der Waals surface area (Å²) in [6, 6.07) is 3.49. The van der Waals surface area contributed by atoms with Crippen molar-refractivity contribution in [2.24, 2.45) is 11.5 Å². The van der Waals surface area contributed by atoms with E-state index in [-0.39, 0.29) is 4.99 Å². The van der Waals surface area contributed by atoms with Crippen LogP contribution in [0, 0.1) is 5.82 Å². The summed E-state index contributed by atoms with van der Waals surface area (Å²) >= 11 is 4.81. The molecule has 2 amide bonds. The molecule has 0 aliphatic rings. The Bertz CT molecular complexity index is 438. The Morgan fingerprint density at radius 2 is 2.06 bits per heavy atom. The van der Waals surface area contributed by atoms with Crippen molar-refractivity contribution in [1.29, 1.82) is 0 Å². The van der Waals surface area contributed by atoms with Crippen LogP contribution >= 0.6 is 12.2 Å². The molecule has 0 saturated heterocycles. The second-order valence-corrected chi connectivity index (χ2v) is 3.71. The second-order valence-electron chi connectivity index (χ2n) is 3.27. The monoisotopic (exact) mass is 256 g/mol. The Morgan fingerprint density at radius 3 is 2.65 bits per heavy atom. The third kappa shape index (κ3) is 4.23. The first-order valence-corrected chi connectivity index (χ1v) is 5.28. The van der Waals surface area contributed by atoms with Gasteiger partial charge in [0.25, 0.3) is 0 Å². The van der Waals surface area contributed by atoms with Gasteiger partial charge in [0.1, 0.15) is 10.8 Å². The molecule has 5 nitrogen and oxygen atoms in total. The predicted molar refractivity (Wildman–Crippen MR) is 68.4 cm³/mol. The van der Waals surface area contributed by atoms with Crippen LogP contribution in [0.25, 0.3) is 0 Å². The summed E-state index contributed by atoms with van der Waals surface area (Å²) in [6.07, 6.45) is 0. The van der Waals surface area contributed by atoms with Gasteiger partial charge in [0.05, 0.1) is 0 Å². The van der Waals surface area contributed by atoms with Crippen LogP contribution in [0.15, 0.2) is 18.2 Å². The molecule has 0 unspecified atom stereocenters. The van der Waals surface area contributed by atoms with Gasteiger partial charge in [-0.05, 0) is 18.2 Å². The first-order valence-electron chi connectivity index (χ1n) is 4.87. The van der Waals surface area contributed by atoms with E-state index in [2.05, 4.69) is 10.6 Å². The number of benzene rings is 1. The van der Waals surface area contributed by atoms with Crippen LogP contribution in [0.5, 0.6) is 0 Å². The molecule has 17 heavy (non-hydrogen) atoms. The van der Waals surface area contributed by atoms with Crippen LogP contribution in [-0.2, 0) is 0 Å². The molecule has 1 aromatic carbocycles. The number of nitrogens with two attached hydrogens (primary N) is 2. The van der Waals surface area contributed by atoms with Crippen LogP contribution in [-0.4, -0.2) is 24.1 Å². The number of hydrogen-bond donors (Lipinski definition) is 4. The number of carbonyl (C=O) groups is 1. The van der Waals surface area contributed by atoms with E-state index in [1.807, 2.05) is 0 Å². The Kier molecular flexibility index (Phi) is 4.65. The molecule has 0 aliphatic heterocycles. The van der Waals surface area contributed by atoms with Crippen molar-refractivity contribution in [3.63, 3.8) is 0 Å². The average Bonchev–Trinajstić information content (AvgIpc) is 2.25. The van der Waals surface area contributed by atoms with Gasteiger partial charge in [-0.15, -0.1) is 0 Å². The van der Waals surface area contributed by atoms with Crippen LogP contribution in [0.2, 0.25) is 0 Å². The summed E-state index contributed by atoms with van der Waals surface area (Å²) in [5.74, 6) is -0.409. The lowest BCUT2D eigenvalue weighted by atomic mass is 10.1. The van der Waals surface area contributed by atoms with E-state index >= 15 is 0 Å². The molecule has 0 fully saturated rings. The zero-order valence-electron chi connectivity index (χ0n) is 9.00. The molecule has 0 bridgehead atoms. The molecule has 1 rings (SSSR count). The van der Waals surface area contributed by atoms with E-state index in [1.165, 1.54) is 18.2 Å². The molecule has 0 radical (unpaired) electrons. The lowest BCUT2D eigenvalue weighted by Gasteiger charge is -2.11. The first kappa shape index (κ1) is 13.2. The lowest BCUT2D eigenvalue weighted by molar-refractivity contribution is 0.249. The zero-order valence-corrected chi connectivity index (χ0v) is 9.81. The van der Waals surface area contributed by atoms with E-state index in [0.29, 0.717) is 24.3 Å². The maximum Gasteiger partial charge on any atom is 0.312 e. The number of hydrogen-bond acceptors (Lipinski definition) is 3. The fourth-order valence-corrected chi connectivity index (χ4v) is 1.43. The van der Waals surface area contributed by atoms with Gasteiger partial charge in [-0.1, -0.05) is 12.2 Å². The third-order valence-corrected chi connectivity index (χ3v) is 2.21. The van der Waals surface area contributed by atoms with Crippen LogP contribution in [0.1, 0.15) is 5.56 Å². The number of carbonyl (C=O) groups excluding carboxylic acids is 1. The molecule has 0 aliphatic carbocycles. The lowest BCUT2D eigenvalue weighted by Crippen LogP contribution is -2.33. The van der Waals surface area contributed by atoms with Gasteiger partial charge in [-0.3, -0.25) is 0 Å². The van der Waals surface area contributed by atoms with Crippen molar-refractivity contribution in [2.75, 3.05) is 18.4 Å². The molecular formula is C10H13FN4OS. The summed E-state index contributed by atoms with van der Waals surface area (Å²) in [5, 5.41) is 5.39. The van der Waals surface area contributed by atoms with E-state index in [9.17, 15) is 9.18 Å². The van der Waals surface area contributed by atoms with Gasteiger partial charge in [0.2, 0.25) is 0 Å². The fraction of sp³-hybridized carbons (Fsp3) is 0.200. The highest BCUT2D eigenvalue weighted by Gasteiger charge is 2.06. The molecule has 0 atom stereocenters. The molecular weight excluding hydrogens is 243 g/mol. The van der Waals surface area contributed by atoms with Crippen molar-refractivity contribution < 1.29 is 9.18 Å². The van der Waals surface area contributed by atoms with Crippen molar-refractivity contribution in [3.05, 3.63) is 29.6 Å². The number of primary amides is 1. The van der Waals surface area contributed by atoms with Gasteiger partial charge in [0, 0.05) is 24.3 Å². The molecule has 92 valence electrons. The summed E-state index contributed by atoms with van der Waals surface area (Å²) in [6.45, 7) is 0.785. The summed E-state index contributed by atoms with van der Waals surface area (Å²) in [5.41, 5.74) is 11.4. The minimum absolute atomic E-state index is 0.106. The van der Waals surface area contributed by atoms with E-state index < -0.39 is 11.8 Å². The zero-order chi connectivity index (χ0) is 12.8. The molecule has 0 saturated carbocycles. The number of rotatable bonds is 5.